The number of hydrogen-bond acceptors (Lipinski definition) is 4. The second kappa shape index (κ2) is 8.13. The molecule has 5 heteroatoms. The van der Waals surface area contributed by atoms with Crippen LogP contribution in [0.15, 0.2) is 96.0 Å². The number of para-hydroxylation sites is 1. The topological polar surface area (TPSA) is 46.7 Å². The number of carbonyl (C=O) groups excluding carboxylic acids is 1. The molecule has 5 aromatic rings. The highest BCUT2D eigenvalue weighted by atomic mass is 32.1. The molecule has 0 aliphatic carbocycles. The summed E-state index contributed by atoms with van der Waals surface area (Å²) in [6.45, 7) is 1.97. The molecular weight excluding hydrogens is 402 g/mol. The third-order valence-corrected chi connectivity index (χ3v) is 6.06. The van der Waals surface area contributed by atoms with E-state index in [1.807, 2.05) is 97.9 Å². The van der Waals surface area contributed by atoms with E-state index in [2.05, 4.69) is 6.08 Å². The van der Waals surface area contributed by atoms with Crippen LogP contribution in [0.5, 0.6) is 0 Å². The molecule has 0 bridgehead atoms. The van der Waals surface area contributed by atoms with E-state index < -0.39 is 0 Å². The molecule has 0 radical (unpaired) electrons. The van der Waals surface area contributed by atoms with E-state index in [1.54, 1.807) is 4.52 Å². The average Bonchev–Trinajstić information content (AvgIpc) is 3.32. The van der Waals surface area contributed by atoms with Crippen molar-refractivity contribution < 1.29 is 4.79 Å². The fourth-order valence-electron chi connectivity index (χ4n) is 3.53. The first-order valence-corrected chi connectivity index (χ1v) is 10.8. The minimum Gasteiger partial charge on any atom is -0.288 e. The first-order chi connectivity index (χ1) is 15.2. The second-order valence-electron chi connectivity index (χ2n) is 7.17. The van der Waals surface area contributed by atoms with Crippen LogP contribution < -0.4 is 10.0 Å². The van der Waals surface area contributed by atoms with Gasteiger partial charge in [0.1, 0.15) is 4.88 Å². The van der Waals surface area contributed by atoms with Gasteiger partial charge in [-0.1, -0.05) is 90.2 Å². The summed E-state index contributed by atoms with van der Waals surface area (Å²) in [5.74, 6) is -0.0206. The summed E-state index contributed by atoms with van der Waals surface area (Å²) >= 11 is 1.37. The van der Waals surface area contributed by atoms with E-state index in [0.717, 1.165) is 27.7 Å². The number of rotatable bonds is 4. The lowest BCUT2D eigenvalue weighted by Gasteiger charge is -1.98. The predicted molar refractivity (Wildman–Crippen MR) is 125 cm³/mol. The highest BCUT2D eigenvalue weighted by Crippen LogP contribution is 2.19. The molecule has 0 atom stereocenters. The van der Waals surface area contributed by atoms with Crippen LogP contribution in [0.4, 0.5) is 5.69 Å². The van der Waals surface area contributed by atoms with E-state index >= 15 is 0 Å². The standard InChI is InChI=1S/C26H19N3OS/c1-18-22(17-19-11-5-2-6-12-19)23-25(24(30)20-13-7-3-8-14-20)31-26(29(23)28-18)27-21-15-9-4-10-16-21/h2-17H,1H3/b22-17+,27-26?. The van der Waals surface area contributed by atoms with Gasteiger partial charge in [-0.25, -0.2) is 9.51 Å². The van der Waals surface area contributed by atoms with Gasteiger partial charge < -0.3 is 0 Å². The SMILES string of the molecule is Cc1nn2c(=Nc3ccccc3)sc(C(=O)c3ccccc3)c2/c1=C/c1ccccc1. The van der Waals surface area contributed by atoms with E-state index in [-0.39, 0.29) is 5.78 Å². The lowest BCUT2D eigenvalue weighted by Crippen LogP contribution is -2.08. The molecule has 0 saturated heterocycles. The van der Waals surface area contributed by atoms with E-state index in [0.29, 0.717) is 15.2 Å². The van der Waals surface area contributed by atoms with Gasteiger partial charge in [0.05, 0.1) is 16.9 Å². The molecule has 4 nitrogen and oxygen atoms in total. The molecule has 150 valence electrons. The van der Waals surface area contributed by atoms with Crippen LogP contribution in [-0.4, -0.2) is 15.4 Å². The summed E-state index contributed by atoms with van der Waals surface area (Å²) in [7, 11) is 0. The van der Waals surface area contributed by atoms with Crippen molar-refractivity contribution in [1.29, 1.82) is 0 Å². The van der Waals surface area contributed by atoms with E-state index in [1.165, 1.54) is 11.3 Å². The van der Waals surface area contributed by atoms with Gasteiger partial charge in [0.15, 0.2) is 0 Å². The molecule has 31 heavy (non-hydrogen) atoms. The molecule has 0 unspecified atom stereocenters. The highest BCUT2D eigenvalue weighted by Gasteiger charge is 2.20. The quantitative estimate of drug-likeness (QED) is 0.395. The van der Waals surface area contributed by atoms with Gasteiger partial charge in [-0.05, 0) is 30.7 Å². The molecular formula is C26H19N3OS. The maximum atomic E-state index is 13.5. The number of benzene rings is 3. The lowest BCUT2D eigenvalue weighted by atomic mass is 10.1. The van der Waals surface area contributed by atoms with Crippen molar-refractivity contribution in [2.75, 3.05) is 0 Å². The smallest absolute Gasteiger partial charge is 0.212 e. The van der Waals surface area contributed by atoms with E-state index in [4.69, 9.17) is 10.1 Å². The van der Waals surface area contributed by atoms with Gasteiger partial charge in [0.2, 0.25) is 10.6 Å². The normalized spacial score (nSPS) is 12.5. The fourth-order valence-corrected chi connectivity index (χ4v) is 4.58. The Balaban J connectivity index is 1.82. The summed E-state index contributed by atoms with van der Waals surface area (Å²) in [4.78, 5) is 19.6. The Morgan fingerprint density at radius 2 is 1.52 bits per heavy atom. The highest BCUT2D eigenvalue weighted by molar-refractivity contribution is 7.12. The van der Waals surface area contributed by atoms with Crippen LogP contribution in [0.3, 0.4) is 0 Å². The van der Waals surface area contributed by atoms with Crippen molar-refractivity contribution in [2.24, 2.45) is 4.99 Å². The summed E-state index contributed by atoms with van der Waals surface area (Å²) in [5, 5.41) is 5.69. The Bertz CT molecular complexity index is 1480. The van der Waals surface area contributed by atoms with Crippen LogP contribution in [-0.2, 0) is 0 Å². The number of nitrogens with zero attached hydrogens (tertiary/aromatic N) is 3. The summed E-state index contributed by atoms with van der Waals surface area (Å²) in [6.07, 6.45) is 2.08. The van der Waals surface area contributed by atoms with Gasteiger partial charge in [-0.3, -0.25) is 4.79 Å². The number of aryl methyl sites for hydroxylation is 1. The minimum atomic E-state index is -0.0206. The van der Waals surface area contributed by atoms with Crippen molar-refractivity contribution >= 4 is 34.4 Å². The number of aromatic nitrogens is 2. The Morgan fingerprint density at radius 3 is 2.19 bits per heavy atom. The van der Waals surface area contributed by atoms with Crippen LogP contribution in [0, 0.1) is 6.92 Å². The number of thiazole rings is 1. The Morgan fingerprint density at radius 1 is 0.903 bits per heavy atom. The van der Waals surface area contributed by atoms with Crippen molar-refractivity contribution in [2.45, 2.75) is 6.92 Å². The molecule has 5 rings (SSSR count). The molecule has 0 fully saturated rings. The van der Waals surface area contributed by atoms with Crippen molar-refractivity contribution in [1.82, 2.24) is 9.61 Å². The molecule has 0 aliphatic heterocycles. The molecule has 0 N–H and O–H groups in total. The Hall–Kier alpha value is -3.83. The zero-order chi connectivity index (χ0) is 21.2. The lowest BCUT2D eigenvalue weighted by molar-refractivity contribution is 0.104. The van der Waals surface area contributed by atoms with Crippen molar-refractivity contribution in [3.05, 3.63) is 123 Å². The van der Waals surface area contributed by atoms with Gasteiger partial charge >= 0.3 is 0 Å². The van der Waals surface area contributed by atoms with Crippen LogP contribution in [0.1, 0.15) is 26.5 Å². The molecule has 2 heterocycles. The minimum absolute atomic E-state index is 0.0206. The first-order valence-electron chi connectivity index (χ1n) is 9.99. The van der Waals surface area contributed by atoms with Gasteiger partial charge in [-0.15, -0.1) is 0 Å². The third-order valence-electron chi connectivity index (χ3n) is 5.03. The summed E-state index contributed by atoms with van der Waals surface area (Å²) in [5.41, 5.74) is 4.20. The first kappa shape index (κ1) is 19.2. The van der Waals surface area contributed by atoms with Crippen LogP contribution in [0.2, 0.25) is 0 Å². The van der Waals surface area contributed by atoms with Crippen LogP contribution in [0.25, 0.3) is 11.6 Å². The Kier molecular flexibility index (Phi) is 5.02. The zero-order valence-electron chi connectivity index (χ0n) is 16.9. The summed E-state index contributed by atoms with van der Waals surface area (Å²) in [6, 6.07) is 29.2. The van der Waals surface area contributed by atoms with Crippen molar-refractivity contribution in [3.63, 3.8) is 0 Å². The molecule has 0 amide bonds. The number of hydrogen-bond donors (Lipinski definition) is 0. The number of carbonyl (C=O) groups is 1. The fraction of sp³-hybridized carbons (Fsp3) is 0.0385. The molecule has 2 aromatic heterocycles. The molecule has 0 spiro atoms. The Labute approximate surface area is 183 Å². The zero-order valence-corrected chi connectivity index (χ0v) is 17.7. The number of ketones is 1. The molecule has 0 saturated carbocycles. The van der Waals surface area contributed by atoms with Crippen molar-refractivity contribution in [3.8, 4) is 0 Å². The molecule has 3 aromatic carbocycles. The van der Waals surface area contributed by atoms with Gasteiger partial charge in [-0.2, -0.15) is 5.10 Å². The second-order valence-corrected chi connectivity index (χ2v) is 8.15. The average molecular weight is 422 g/mol. The van der Waals surface area contributed by atoms with Gasteiger partial charge in [0, 0.05) is 10.8 Å². The monoisotopic (exact) mass is 421 g/mol. The maximum absolute atomic E-state index is 13.5. The van der Waals surface area contributed by atoms with Crippen LogP contribution >= 0.6 is 11.3 Å². The predicted octanol–water partition coefficient (Wildman–Crippen LogP) is 4.72. The third kappa shape index (κ3) is 3.71. The number of fused-ring (bicyclic) bond motifs is 1. The summed E-state index contributed by atoms with van der Waals surface area (Å²) < 4.78 is 1.80. The van der Waals surface area contributed by atoms with Gasteiger partial charge in [0.25, 0.3) is 0 Å². The van der Waals surface area contributed by atoms with E-state index in [9.17, 15) is 4.79 Å². The maximum Gasteiger partial charge on any atom is 0.212 e. The molecule has 0 aliphatic rings. The largest absolute Gasteiger partial charge is 0.288 e.